The fraction of sp³-hybridized carbons (Fsp3) is 0.364. The van der Waals surface area contributed by atoms with Gasteiger partial charge in [-0.25, -0.2) is 0 Å². The van der Waals surface area contributed by atoms with Crippen molar-refractivity contribution in [3.05, 3.63) is 57.9 Å². The summed E-state index contributed by atoms with van der Waals surface area (Å²) in [6, 6.07) is 11.6. The van der Waals surface area contributed by atoms with Crippen LogP contribution in [0, 0.1) is 5.41 Å². The van der Waals surface area contributed by atoms with Crippen LogP contribution in [-0.2, 0) is 14.3 Å². The number of nitrogens with zero attached hydrogens (tertiary/aromatic N) is 1. The molecule has 0 radical (unpaired) electrons. The molecule has 0 fully saturated rings. The van der Waals surface area contributed by atoms with E-state index in [1.807, 2.05) is 46.7 Å². The Bertz CT molecular complexity index is 946. The molecule has 4 rings (SSSR count). The SMILES string of the molecule is COC(=O)CN1c2ccccc2NC2=C(C(=O)CC(C)(C)C2)C1c1cccs1. The lowest BCUT2D eigenvalue weighted by Crippen LogP contribution is -2.38. The van der Waals surface area contributed by atoms with Crippen LogP contribution in [0.1, 0.15) is 37.6 Å². The van der Waals surface area contributed by atoms with Crippen LogP contribution in [0.5, 0.6) is 0 Å². The standard InChI is InChI=1S/C22H24N2O3S/c1-22(2)11-15-20(17(25)12-22)21(18-9-6-10-28-18)24(13-19(26)27-3)16-8-5-4-7-14(16)23-15/h4-10,21,23H,11-13H2,1-3H3. The Labute approximate surface area is 169 Å². The molecular formula is C22H24N2O3S. The third-order valence-corrected chi connectivity index (χ3v) is 6.27. The highest BCUT2D eigenvalue weighted by atomic mass is 32.1. The number of thiophene rings is 1. The molecule has 1 atom stereocenters. The fourth-order valence-corrected chi connectivity index (χ4v) is 5.02. The highest BCUT2D eigenvalue weighted by Gasteiger charge is 2.42. The predicted octanol–water partition coefficient (Wildman–Crippen LogP) is 4.54. The van der Waals surface area contributed by atoms with Crippen LogP contribution in [0.25, 0.3) is 0 Å². The normalized spacial score (nSPS) is 20.8. The molecule has 146 valence electrons. The van der Waals surface area contributed by atoms with Crippen LogP contribution in [-0.4, -0.2) is 25.4 Å². The van der Waals surface area contributed by atoms with E-state index in [2.05, 4.69) is 19.2 Å². The predicted molar refractivity (Wildman–Crippen MR) is 112 cm³/mol. The number of benzene rings is 1. The summed E-state index contributed by atoms with van der Waals surface area (Å²) < 4.78 is 4.97. The van der Waals surface area contributed by atoms with Gasteiger partial charge in [0.1, 0.15) is 6.54 Å². The Kier molecular flexibility index (Phi) is 4.75. The van der Waals surface area contributed by atoms with Crippen molar-refractivity contribution < 1.29 is 14.3 Å². The number of methoxy groups -OCH3 is 1. The number of ether oxygens (including phenoxy) is 1. The number of ketones is 1. The molecule has 0 saturated carbocycles. The van der Waals surface area contributed by atoms with Crippen LogP contribution < -0.4 is 10.2 Å². The van der Waals surface area contributed by atoms with Gasteiger partial charge in [-0.3, -0.25) is 9.59 Å². The first-order valence-corrected chi connectivity index (χ1v) is 10.3. The summed E-state index contributed by atoms with van der Waals surface area (Å²) in [7, 11) is 1.39. The summed E-state index contributed by atoms with van der Waals surface area (Å²) >= 11 is 1.60. The van der Waals surface area contributed by atoms with E-state index in [0.29, 0.717) is 6.42 Å². The minimum atomic E-state index is -0.330. The third kappa shape index (κ3) is 3.33. The van der Waals surface area contributed by atoms with Crippen molar-refractivity contribution in [1.29, 1.82) is 0 Å². The zero-order valence-electron chi connectivity index (χ0n) is 16.3. The number of Topliss-reactive ketones (excluding diaryl/α,β-unsaturated/α-hetero) is 1. The number of hydrogen-bond acceptors (Lipinski definition) is 6. The highest BCUT2D eigenvalue weighted by Crippen LogP contribution is 2.48. The van der Waals surface area contributed by atoms with E-state index in [1.54, 1.807) is 11.3 Å². The lowest BCUT2D eigenvalue weighted by molar-refractivity contribution is -0.139. The summed E-state index contributed by atoms with van der Waals surface area (Å²) in [5.74, 6) is -0.191. The van der Waals surface area contributed by atoms with Gasteiger partial charge in [-0.1, -0.05) is 32.0 Å². The van der Waals surface area contributed by atoms with Crippen molar-refractivity contribution in [2.24, 2.45) is 5.41 Å². The highest BCUT2D eigenvalue weighted by molar-refractivity contribution is 7.10. The molecular weight excluding hydrogens is 372 g/mol. The second-order valence-corrected chi connectivity index (χ2v) is 9.08. The first kappa shape index (κ1) is 18.7. The molecule has 1 aromatic carbocycles. The minimum Gasteiger partial charge on any atom is -0.468 e. The largest absolute Gasteiger partial charge is 0.468 e. The Morgan fingerprint density at radius 3 is 2.75 bits per heavy atom. The number of allylic oxidation sites excluding steroid dienone is 1. The molecule has 0 bridgehead atoms. The van der Waals surface area contributed by atoms with Gasteiger partial charge < -0.3 is 15.0 Å². The topological polar surface area (TPSA) is 58.6 Å². The number of carbonyl (C=O) groups excluding carboxylic acids is 2. The van der Waals surface area contributed by atoms with E-state index in [-0.39, 0.29) is 29.8 Å². The van der Waals surface area contributed by atoms with Gasteiger partial charge in [-0.2, -0.15) is 0 Å². The summed E-state index contributed by atoms with van der Waals surface area (Å²) in [6.07, 6.45) is 1.29. The second kappa shape index (κ2) is 7.09. The maximum atomic E-state index is 13.3. The molecule has 6 heteroatoms. The van der Waals surface area contributed by atoms with Crippen molar-refractivity contribution in [3.8, 4) is 0 Å². The maximum Gasteiger partial charge on any atom is 0.325 e. The Hall–Kier alpha value is -2.60. The Morgan fingerprint density at radius 1 is 1.25 bits per heavy atom. The molecule has 2 aliphatic rings. The number of esters is 1. The maximum absolute atomic E-state index is 13.3. The van der Waals surface area contributed by atoms with Gasteiger partial charge in [-0.05, 0) is 35.4 Å². The number of rotatable bonds is 3. The molecule has 0 saturated heterocycles. The monoisotopic (exact) mass is 396 g/mol. The number of carbonyl (C=O) groups is 2. The van der Waals surface area contributed by atoms with Crippen molar-refractivity contribution in [3.63, 3.8) is 0 Å². The number of hydrogen-bond donors (Lipinski definition) is 1. The van der Waals surface area contributed by atoms with Gasteiger partial charge >= 0.3 is 5.97 Å². The number of anilines is 2. The molecule has 1 aromatic heterocycles. The molecule has 1 unspecified atom stereocenters. The van der Waals surface area contributed by atoms with E-state index in [0.717, 1.165) is 33.9 Å². The summed E-state index contributed by atoms with van der Waals surface area (Å²) in [6.45, 7) is 4.32. The summed E-state index contributed by atoms with van der Waals surface area (Å²) in [5.41, 5.74) is 3.42. The molecule has 1 N–H and O–H groups in total. The van der Waals surface area contributed by atoms with Crippen molar-refractivity contribution in [2.45, 2.75) is 32.7 Å². The van der Waals surface area contributed by atoms with E-state index >= 15 is 0 Å². The second-order valence-electron chi connectivity index (χ2n) is 8.10. The molecule has 28 heavy (non-hydrogen) atoms. The zero-order chi connectivity index (χ0) is 19.9. The van der Waals surface area contributed by atoms with Crippen LogP contribution in [0.4, 0.5) is 11.4 Å². The zero-order valence-corrected chi connectivity index (χ0v) is 17.1. The van der Waals surface area contributed by atoms with Gasteiger partial charge in [0, 0.05) is 22.6 Å². The van der Waals surface area contributed by atoms with Crippen LogP contribution >= 0.6 is 11.3 Å². The molecule has 0 amide bonds. The van der Waals surface area contributed by atoms with E-state index in [1.165, 1.54) is 7.11 Å². The number of fused-ring (bicyclic) bond motifs is 1. The molecule has 0 spiro atoms. The third-order valence-electron chi connectivity index (χ3n) is 5.34. The van der Waals surface area contributed by atoms with Crippen molar-refractivity contribution in [1.82, 2.24) is 0 Å². The summed E-state index contributed by atoms with van der Waals surface area (Å²) in [5, 5.41) is 5.54. The lowest BCUT2D eigenvalue weighted by atomic mass is 9.74. The molecule has 5 nitrogen and oxygen atoms in total. The van der Waals surface area contributed by atoms with Gasteiger partial charge in [0.25, 0.3) is 0 Å². The van der Waals surface area contributed by atoms with E-state index in [4.69, 9.17) is 4.74 Å². The molecule has 1 aliphatic carbocycles. The van der Waals surface area contributed by atoms with Gasteiger partial charge in [0.2, 0.25) is 0 Å². The minimum absolute atomic E-state index is 0.0746. The van der Waals surface area contributed by atoms with Gasteiger partial charge in [0.15, 0.2) is 5.78 Å². The molecule has 2 aromatic rings. The van der Waals surface area contributed by atoms with Crippen LogP contribution in [0.2, 0.25) is 0 Å². The molecule has 2 heterocycles. The quantitative estimate of drug-likeness (QED) is 0.772. The van der Waals surface area contributed by atoms with Gasteiger partial charge in [0.05, 0.1) is 24.5 Å². The fourth-order valence-electron chi connectivity index (χ4n) is 4.17. The average molecular weight is 397 g/mol. The van der Waals surface area contributed by atoms with Crippen molar-refractivity contribution >= 4 is 34.5 Å². The summed E-state index contributed by atoms with van der Waals surface area (Å²) in [4.78, 5) is 28.6. The van der Waals surface area contributed by atoms with Gasteiger partial charge in [-0.15, -0.1) is 11.3 Å². The van der Waals surface area contributed by atoms with E-state index in [9.17, 15) is 9.59 Å². The first-order chi connectivity index (χ1) is 13.4. The molecule has 1 aliphatic heterocycles. The van der Waals surface area contributed by atoms with Crippen LogP contribution in [0.15, 0.2) is 53.0 Å². The number of nitrogens with one attached hydrogen (secondary N) is 1. The first-order valence-electron chi connectivity index (χ1n) is 9.39. The average Bonchev–Trinajstić information content (AvgIpc) is 3.13. The Balaban J connectivity index is 1.94. The Morgan fingerprint density at radius 2 is 2.04 bits per heavy atom. The number of para-hydroxylation sites is 2. The van der Waals surface area contributed by atoms with Crippen LogP contribution in [0.3, 0.4) is 0 Å². The lowest BCUT2D eigenvalue weighted by Gasteiger charge is -2.37. The van der Waals surface area contributed by atoms with Crippen molar-refractivity contribution in [2.75, 3.05) is 23.9 Å². The van der Waals surface area contributed by atoms with E-state index < -0.39 is 0 Å². The smallest absolute Gasteiger partial charge is 0.325 e.